The number of anilines is 2. The van der Waals surface area contributed by atoms with Crippen molar-refractivity contribution in [2.45, 2.75) is 20.3 Å². The number of hydrogen-bond acceptors (Lipinski definition) is 5. The van der Waals surface area contributed by atoms with Gasteiger partial charge in [-0.3, -0.25) is 4.79 Å². The molecule has 1 aromatic heterocycles. The molecule has 1 heterocycles. The van der Waals surface area contributed by atoms with Gasteiger partial charge in [-0.25, -0.2) is 9.69 Å². The van der Waals surface area contributed by atoms with Gasteiger partial charge in [0.05, 0.1) is 18.7 Å². The lowest BCUT2D eigenvalue weighted by Gasteiger charge is -2.22. The molecule has 0 saturated carbocycles. The average Bonchev–Trinajstić information content (AvgIpc) is 3.20. The normalized spacial score (nSPS) is 10.8. The highest BCUT2D eigenvalue weighted by molar-refractivity contribution is 9.11. The third kappa shape index (κ3) is 5.68. The van der Waals surface area contributed by atoms with Crippen LogP contribution in [0, 0.1) is 6.92 Å². The van der Waals surface area contributed by atoms with Crippen LogP contribution in [0.15, 0.2) is 80.2 Å². The lowest BCUT2D eigenvalue weighted by Crippen LogP contribution is -2.27. The number of carboxylic acid groups (broad SMARTS) is 1. The minimum Gasteiger partial charge on any atom is -0.481 e. The molecule has 184 valence electrons. The van der Waals surface area contributed by atoms with Crippen LogP contribution in [0.1, 0.15) is 18.2 Å². The number of amides is 1. The largest absolute Gasteiger partial charge is 0.481 e. The van der Waals surface area contributed by atoms with Crippen molar-refractivity contribution < 1.29 is 24.0 Å². The van der Waals surface area contributed by atoms with Crippen LogP contribution in [0.25, 0.3) is 22.5 Å². The Hall–Kier alpha value is -3.43. The fourth-order valence-corrected chi connectivity index (χ4v) is 5.07. The Morgan fingerprint density at radius 2 is 1.50 bits per heavy atom. The van der Waals surface area contributed by atoms with Crippen molar-refractivity contribution in [3.8, 4) is 22.5 Å². The number of aliphatic carboxylic acids is 1. The number of aryl methyl sites for hydroxylation is 1. The molecule has 4 rings (SSSR count). The van der Waals surface area contributed by atoms with Crippen molar-refractivity contribution in [2.24, 2.45) is 0 Å². The number of carbonyl (C=O) groups excluding carboxylic acids is 1. The number of halogens is 2. The van der Waals surface area contributed by atoms with Crippen molar-refractivity contribution in [1.82, 2.24) is 5.16 Å². The van der Waals surface area contributed by atoms with E-state index in [1.54, 1.807) is 13.8 Å². The summed E-state index contributed by atoms with van der Waals surface area (Å²) in [6, 6.07) is 20.6. The Kier molecular flexibility index (Phi) is 7.91. The molecule has 0 spiro atoms. The Morgan fingerprint density at radius 1 is 0.944 bits per heavy atom. The Morgan fingerprint density at radius 3 is 2.06 bits per heavy atom. The van der Waals surface area contributed by atoms with E-state index in [9.17, 15) is 9.59 Å². The number of ether oxygens (including phenoxy) is 1. The number of carboxylic acids is 1. The molecule has 4 aromatic rings. The van der Waals surface area contributed by atoms with Gasteiger partial charge < -0.3 is 14.4 Å². The number of carbonyl (C=O) groups is 2. The predicted molar refractivity (Wildman–Crippen MR) is 144 cm³/mol. The van der Waals surface area contributed by atoms with Gasteiger partial charge in [-0.05, 0) is 48.7 Å². The van der Waals surface area contributed by atoms with Crippen LogP contribution in [-0.2, 0) is 16.0 Å². The zero-order valence-electron chi connectivity index (χ0n) is 19.5. The minimum atomic E-state index is -0.864. The Bertz CT molecular complexity index is 1380. The molecular weight excluding hydrogens is 592 g/mol. The number of hydrogen-bond donors (Lipinski definition) is 1. The summed E-state index contributed by atoms with van der Waals surface area (Å²) in [5.41, 5.74) is 4.99. The van der Waals surface area contributed by atoms with Crippen LogP contribution in [0.2, 0.25) is 0 Å². The summed E-state index contributed by atoms with van der Waals surface area (Å²) in [5, 5.41) is 13.1. The van der Waals surface area contributed by atoms with E-state index in [4.69, 9.17) is 14.4 Å². The fourth-order valence-electron chi connectivity index (χ4n) is 3.80. The van der Waals surface area contributed by atoms with Crippen LogP contribution in [-0.4, -0.2) is 28.9 Å². The molecule has 0 atom stereocenters. The standard InChI is InChI=1S/C27H22Br2N2O5/c1-3-35-27(34)31(23-14-21(28)13-22(29)15-23)25-16(2)30-36-26(25)20-10-8-19(9-11-20)18-6-4-17(5-7-18)12-24(32)33/h4-11,13-15H,3,12H2,1-2H3,(H,32,33). The molecule has 0 aliphatic carbocycles. The molecule has 0 aliphatic heterocycles. The van der Waals surface area contributed by atoms with Gasteiger partial charge >= 0.3 is 12.1 Å². The smallest absolute Gasteiger partial charge is 0.419 e. The molecule has 1 N–H and O–H groups in total. The van der Waals surface area contributed by atoms with Gasteiger partial charge in [-0.2, -0.15) is 0 Å². The first-order valence-electron chi connectivity index (χ1n) is 11.1. The summed E-state index contributed by atoms with van der Waals surface area (Å²) in [5.74, 6) is -0.433. The van der Waals surface area contributed by atoms with Gasteiger partial charge in [0.25, 0.3) is 0 Å². The topological polar surface area (TPSA) is 92.9 Å². The van der Waals surface area contributed by atoms with Gasteiger partial charge in [0.1, 0.15) is 11.4 Å². The van der Waals surface area contributed by atoms with Crippen molar-refractivity contribution in [1.29, 1.82) is 0 Å². The van der Waals surface area contributed by atoms with Crippen LogP contribution in [0.5, 0.6) is 0 Å². The molecular formula is C27H22Br2N2O5. The van der Waals surface area contributed by atoms with E-state index >= 15 is 0 Å². The SMILES string of the molecule is CCOC(=O)N(c1cc(Br)cc(Br)c1)c1c(C)noc1-c1ccc(-c2ccc(CC(=O)O)cc2)cc1. The van der Waals surface area contributed by atoms with Gasteiger partial charge in [0, 0.05) is 14.5 Å². The third-order valence-electron chi connectivity index (χ3n) is 5.40. The fraction of sp³-hybridized carbons (Fsp3) is 0.148. The van der Waals surface area contributed by atoms with Gasteiger partial charge in [-0.15, -0.1) is 0 Å². The van der Waals surface area contributed by atoms with Crippen LogP contribution >= 0.6 is 31.9 Å². The molecule has 9 heteroatoms. The van der Waals surface area contributed by atoms with Crippen molar-refractivity contribution in [3.05, 3.63) is 86.9 Å². The third-order valence-corrected chi connectivity index (χ3v) is 6.32. The van der Waals surface area contributed by atoms with Gasteiger partial charge in [-0.1, -0.05) is 85.5 Å². The molecule has 0 bridgehead atoms. The maximum Gasteiger partial charge on any atom is 0.419 e. The lowest BCUT2D eigenvalue weighted by molar-refractivity contribution is -0.136. The maximum atomic E-state index is 13.1. The zero-order valence-corrected chi connectivity index (χ0v) is 22.7. The zero-order chi connectivity index (χ0) is 25.8. The monoisotopic (exact) mass is 612 g/mol. The highest BCUT2D eigenvalue weighted by Gasteiger charge is 2.29. The summed E-state index contributed by atoms with van der Waals surface area (Å²) in [6.45, 7) is 3.74. The van der Waals surface area contributed by atoms with E-state index in [0.717, 1.165) is 31.2 Å². The average molecular weight is 614 g/mol. The van der Waals surface area contributed by atoms with Crippen LogP contribution in [0.3, 0.4) is 0 Å². The van der Waals surface area contributed by atoms with Gasteiger partial charge in [0.15, 0.2) is 5.76 Å². The maximum absolute atomic E-state index is 13.1. The molecule has 0 radical (unpaired) electrons. The molecule has 0 unspecified atom stereocenters. The molecule has 36 heavy (non-hydrogen) atoms. The number of benzene rings is 3. The first-order chi connectivity index (χ1) is 17.3. The molecule has 1 amide bonds. The summed E-state index contributed by atoms with van der Waals surface area (Å²) in [7, 11) is 0. The van der Waals surface area contributed by atoms with Crippen molar-refractivity contribution >= 4 is 55.3 Å². The second-order valence-corrected chi connectivity index (χ2v) is 9.78. The van der Waals surface area contributed by atoms with Gasteiger partial charge in [0.2, 0.25) is 0 Å². The Labute approximate surface area is 224 Å². The summed E-state index contributed by atoms with van der Waals surface area (Å²) in [4.78, 5) is 25.5. The van der Waals surface area contributed by atoms with E-state index in [-0.39, 0.29) is 13.0 Å². The summed E-state index contributed by atoms with van der Waals surface area (Å²) < 4.78 is 12.6. The molecule has 0 fully saturated rings. The first kappa shape index (κ1) is 25.7. The highest BCUT2D eigenvalue weighted by Crippen LogP contribution is 2.40. The number of rotatable bonds is 7. The second kappa shape index (κ2) is 11.1. The molecule has 0 saturated heterocycles. The van der Waals surface area contributed by atoms with Crippen molar-refractivity contribution in [2.75, 3.05) is 11.5 Å². The number of aromatic nitrogens is 1. The van der Waals surface area contributed by atoms with E-state index in [2.05, 4.69) is 37.0 Å². The molecule has 3 aromatic carbocycles. The lowest BCUT2D eigenvalue weighted by atomic mass is 10.0. The van der Waals surface area contributed by atoms with Crippen molar-refractivity contribution in [3.63, 3.8) is 0 Å². The molecule has 7 nitrogen and oxygen atoms in total. The van der Waals surface area contributed by atoms with E-state index in [1.165, 1.54) is 4.90 Å². The van der Waals surface area contributed by atoms with E-state index < -0.39 is 12.1 Å². The quantitative estimate of drug-likeness (QED) is 0.229. The second-order valence-electron chi connectivity index (χ2n) is 7.95. The minimum absolute atomic E-state index is 0.0155. The highest BCUT2D eigenvalue weighted by atomic mass is 79.9. The van der Waals surface area contributed by atoms with E-state index in [1.807, 2.05) is 66.7 Å². The van der Waals surface area contributed by atoms with Crippen LogP contribution < -0.4 is 4.90 Å². The summed E-state index contributed by atoms with van der Waals surface area (Å²) >= 11 is 6.97. The number of nitrogens with zero attached hydrogens (tertiary/aromatic N) is 2. The van der Waals surface area contributed by atoms with Crippen LogP contribution in [0.4, 0.5) is 16.2 Å². The van der Waals surface area contributed by atoms with E-state index in [0.29, 0.717) is 22.8 Å². The Balaban J connectivity index is 1.72. The predicted octanol–water partition coefficient (Wildman–Crippen LogP) is 7.76. The summed E-state index contributed by atoms with van der Waals surface area (Å²) in [6.07, 6.45) is -0.564. The first-order valence-corrected chi connectivity index (χ1v) is 12.7. The molecule has 0 aliphatic rings.